The van der Waals surface area contributed by atoms with Gasteiger partial charge in [-0.3, -0.25) is 14.2 Å². The molecule has 40 heavy (non-hydrogen) atoms. The molecule has 0 unspecified atom stereocenters. The Kier molecular flexibility index (Phi) is 11.3. The highest BCUT2D eigenvalue weighted by Gasteiger charge is 2.25. The Bertz CT molecular complexity index is 1440. The fourth-order valence-electron chi connectivity index (χ4n) is 5.51. The quantitative estimate of drug-likeness (QED) is 0.261. The Morgan fingerprint density at radius 3 is 2.52 bits per heavy atom. The molecule has 4 aromatic rings. The number of nitriles is 1. The standard InChI is InChI=1S/C30H30N4O2.C2H6.CH3F/c1-19-16-26(28(34-19)25-8-5-6-22(17-31)29(25)36-2)30(35)33-18-20-10-12-21(13-11-20)23-14-15-32-27-9-4-3-7-24(23)27;2*1-2/h3-9,14-16,20-21,34H,10-13,18H2,1-2H3,(H,33,35);1-2H3;1H3. The van der Waals surface area contributed by atoms with Crippen molar-refractivity contribution in [2.45, 2.75) is 52.4 Å². The zero-order valence-electron chi connectivity index (χ0n) is 24.1. The largest absolute Gasteiger partial charge is 0.495 e. The third-order valence-electron chi connectivity index (χ3n) is 7.33. The Balaban J connectivity index is 0.00000106. The number of ether oxygens (including phenoxy) is 1. The first-order chi connectivity index (χ1) is 19.6. The van der Waals surface area contributed by atoms with Gasteiger partial charge in [-0.15, -0.1) is 0 Å². The number of pyridine rings is 1. The number of halogens is 1. The number of rotatable bonds is 6. The Hall–Kier alpha value is -4.18. The van der Waals surface area contributed by atoms with E-state index in [0.29, 0.717) is 53.7 Å². The van der Waals surface area contributed by atoms with Crippen LogP contribution in [0.3, 0.4) is 0 Å². The molecule has 1 aliphatic carbocycles. The average Bonchev–Trinajstić information content (AvgIpc) is 3.42. The zero-order valence-corrected chi connectivity index (χ0v) is 24.1. The van der Waals surface area contributed by atoms with Crippen LogP contribution in [0, 0.1) is 24.2 Å². The van der Waals surface area contributed by atoms with E-state index in [1.54, 1.807) is 19.2 Å². The third kappa shape index (κ3) is 6.69. The summed E-state index contributed by atoms with van der Waals surface area (Å²) >= 11 is 0. The lowest BCUT2D eigenvalue weighted by Gasteiger charge is -2.29. The summed E-state index contributed by atoms with van der Waals surface area (Å²) in [6, 6.07) is 19.9. The van der Waals surface area contributed by atoms with Crippen LogP contribution < -0.4 is 10.1 Å². The molecule has 1 aliphatic rings. The second-order valence-corrected chi connectivity index (χ2v) is 9.58. The molecule has 1 fully saturated rings. The topological polar surface area (TPSA) is 90.8 Å². The van der Waals surface area contributed by atoms with Crippen LogP contribution in [0.4, 0.5) is 4.39 Å². The van der Waals surface area contributed by atoms with Crippen LogP contribution in [0.25, 0.3) is 22.2 Å². The summed E-state index contributed by atoms with van der Waals surface area (Å²) in [5.41, 5.74) is 5.71. The molecule has 0 radical (unpaired) electrons. The molecule has 6 nitrogen and oxygen atoms in total. The van der Waals surface area contributed by atoms with E-state index in [9.17, 15) is 14.4 Å². The molecule has 0 atom stereocenters. The van der Waals surface area contributed by atoms with Crippen molar-refractivity contribution in [2.75, 3.05) is 20.8 Å². The molecule has 5 rings (SSSR count). The molecule has 2 aromatic heterocycles. The Morgan fingerprint density at radius 2 is 1.82 bits per heavy atom. The number of methoxy groups -OCH3 is 1. The van der Waals surface area contributed by atoms with E-state index in [1.807, 2.05) is 45.2 Å². The zero-order chi connectivity index (χ0) is 29.1. The maximum absolute atomic E-state index is 13.2. The third-order valence-corrected chi connectivity index (χ3v) is 7.33. The maximum Gasteiger partial charge on any atom is 0.253 e. The van der Waals surface area contributed by atoms with Crippen molar-refractivity contribution in [1.82, 2.24) is 15.3 Å². The van der Waals surface area contributed by atoms with Crippen molar-refractivity contribution in [2.24, 2.45) is 5.92 Å². The molecule has 2 heterocycles. The van der Waals surface area contributed by atoms with Crippen molar-refractivity contribution in [1.29, 1.82) is 5.26 Å². The Morgan fingerprint density at radius 1 is 1.10 bits per heavy atom. The number of nitrogens with zero attached hydrogens (tertiary/aromatic N) is 2. The molecule has 1 amide bonds. The number of amides is 1. The van der Waals surface area contributed by atoms with Crippen LogP contribution in [0.15, 0.2) is 60.8 Å². The van der Waals surface area contributed by atoms with Gasteiger partial charge >= 0.3 is 0 Å². The van der Waals surface area contributed by atoms with Crippen molar-refractivity contribution in [3.63, 3.8) is 0 Å². The van der Waals surface area contributed by atoms with Gasteiger partial charge in [-0.25, -0.2) is 0 Å². The number of nitrogens with one attached hydrogen (secondary N) is 2. The molecule has 0 bridgehead atoms. The summed E-state index contributed by atoms with van der Waals surface area (Å²) in [5, 5.41) is 13.9. The number of aromatic amines is 1. The number of H-pyrrole nitrogens is 1. The van der Waals surface area contributed by atoms with E-state index >= 15 is 0 Å². The van der Waals surface area contributed by atoms with Gasteiger partial charge in [0, 0.05) is 29.4 Å². The van der Waals surface area contributed by atoms with E-state index in [2.05, 4.69) is 45.6 Å². The number of aryl methyl sites for hydroxylation is 1. The summed E-state index contributed by atoms with van der Waals surface area (Å²) in [6.45, 7) is 6.58. The number of alkyl halides is 1. The summed E-state index contributed by atoms with van der Waals surface area (Å²) < 4.78 is 15.0. The number of aromatic nitrogens is 2. The van der Waals surface area contributed by atoms with E-state index in [0.717, 1.165) is 36.9 Å². The van der Waals surface area contributed by atoms with Crippen molar-refractivity contribution >= 4 is 16.8 Å². The van der Waals surface area contributed by atoms with Crippen molar-refractivity contribution < 1.29 is 13.9 Å². The highest BCUT2D eigenvalue weighted by Crippen LogP contribution is 2.38. The number of fused-ring (bicyclic) bond motifs is 1. The predicted molar refractivity (Wildman–Crippen MR) is 159 cm³/mol. The smallest absolute Gasteiger partial charge is 0.253 e. The maximum atomic E-state index is 13.2. The van der Waals surface area contributed by atoms with Gasteiger partial charge in [-0.05, 0) is 80.3 Å². The molecular formula is C33H39FN4O2. The van der Waals surface area contributed by atoms with Gasteiger partial charge < -0.3 is 15.0 Å². The molecule has 210 valence electrons. The minimum atomic E-state index is -0.110. The molecule has 0 aliphatic heterocycles. The minimum absolute atomic E-state index is 0.110. The van der Waals surface area contributed by atoms with Gasteiger partial charge in [0.05, 0.1) is 36.6 Å². The summed E-state index contributed by atoms with van der Waals surface area (Å²) in [4.78, 5) is 21.0. The van der Waals surface area contributed by atoms with Gasteiger partial charge in [0.25, 0.3) is 5.91 Å². The van der Waals surface area contributed by atoms with E-state index in [-0.39, 0.29) is 5.91 Å². The summed E-state index contributed by atoms with van der Waals surface area (Å²) in [6.07, 6.45) is 6.31. The fraction of sp³-hybridized carbons (Fsp3) is 0.364. The van der Waals surface area contributed by atoms with Crippen LogP contribution in [0.1, 0.15) is 72.6 Å². The number of hydrogen-bond donors (Lipinski definition) is 2. The van der Waals surface area contributed by atoms with Gasteiger partial charge in [-0.1, -0.05) is 38.1 Å². The van der Waals surface area contributed by atoms with E-state index < -0.39 is 0 Å². The molecular weight excluding hydrogens is 503 g/mol. The normalized spacial score (nSPS) is 16.0. The van der Waals surface area contributed by atoms with Crippen molar-refractivity contribution in [3.05, 3.63) is 83.2 Å². The van der Waals surface area contributed by atoms with Gasteiger partial charge in [0.2, 0.25) is 0 Å². The van der Waals surface area contributed by atoms with E-state index in [4.69, 9.17) is 4.74 Å². The fourth-order valence-corrected chi connectivity index (χ4v) is 5.51. The lowest BCUT2D eigenvalue weighted by atomic mass is 9.78. The van der Waals surface area contributed by atoms with Gasteiger partial charge in [-0.2, -0.15) is 5.26 Å². The number of para-hydroxylation sites is 2. The number of benzene rings is 2. The highest BCUT2D eigenvalue weighted by atomic mass is 19.1. The summed E-state index contributed by atoms with van der Waals surface area (Å²) in [7, 11) is 2.04. The Labute approximate surface area is 236 Å². The first kappa shape index (κ1) is 30.4. The lowest BCUT2D eigenvalue weighted by Crippen LogP contribution is -2.31. The monoisotopic (exact) mass is 542 g/mol. The number of hydrogen-bond acceptors (Lipinski definition) is 4. The molecule has 2 N–H and O–H groups in total. The molecule has 0 spiro atoms. The molecule has 0 saturated heterocycles. The number of carbonyl (C=O) groups excluding carboxylic acids is 1. The molecule has 7 heteroatoms. The molecule has 2 aromatic carbocycles. The van der Waals surface area contributed by atoms with Crippen LogP contribution in [-0.2, 0) is 0 Å². The van der Waals surface area contributed by atoms with Crippen LogP contribution >= 0.6 is 0 Å². The minimum Gasteiger partial charge on any atom is -0.495 e. The number of carbonyl (C=O) groups is 1. The van der Waals surface area contributed by atoms with Gasteiger partial charge in [0.1, 0.15) is 11.8 Å². The first-order valence-electron chi connectivity index (χ1n) is 13.9. The predicted octanol–water partition coefficient (Wildman–Crippen LogP) is 7.73. The lowest BCUT2D eigenvalue weighted by molar-refractivity contribution is 0.0943. The SMILES string of the molecule is CC.CF.COc1c(C#N)cccc1-c1[nH]c(C)cc1C(=O)NCC1CCC(c2ccnc3ccccc23)CC1. The molecule has 1 saturated carbocycles. The first-order valence-corrected chi connectivity index (χ1v) is 13.9. The highest BCUT2D eigenvalue weighted by molar-refractivity contribution is 6.01. The average molecular weight is 543 g/mol. The second-order valence-electron chi connectivity index (χ2n) is 9.58. The van der Waals surface area contributed by atoms with Crippen LogP contribution in [0.2, 0.25) is 0 Å². The van der Waals surface area contributed by atoms with Crippen molar-refractivity contribution in [3.8, 4) is 23.1 Å². The van der Waals surface area contributed by atoms with E-state index in [1.165, 1.54) is 10.9 Å². The summed E-state index contributed by atoms with van der Waals surface area (Å²) in [5.74, 6) is 1.35. The van der Waals surface area contributed by atoms with Crippen LogP contribution in [-0.4, -0.2) is 36.7 Å². The van der Waals surface area contributed by atoms with Gasteiger partial charge in [0.15, 0.2) is 0 Å². The second kappa shape index (κ2) is 14.8. The van der Waals surface area contributed by atoms with Crippen LogP contribution in [0.5, 0.6) is 5.75 Å².